The molecule has 24 heavy (non-hydrogen) atoms. The van der Waals surface area contributed by atoms with E-state index in [1.807, 2.05) is 13.8 Å². The third kappa shape index (κ3) is 5.31. The summed E-state index contributed by atoms with van der Waals surface area (Å²) < 4.78 is 12.8. The number of thiazole rings is 1. The van der Waals surface area contributed by atoms with Gasteiger partial charge in [0.05, 0.1) is 18.8 Å². The van der Waals surface area contributed by atoms with Crippen molar-refractivity contribution in [3.63, 3.8) is 0 Å². The van der Waals surface area contributed by atoms with Crippen LogP contribution in [0.15, 0.2) is 29.3 Å². The van der Waals surface area contributed by atoms with Crippen LogP contribution < -0.4 is 16.0 Å². The number of aromatic nitrogens is 1. The van der Waals surface area contributed by atoms with Crippen molar-refractivity contribution in [2.75, 3.05) is 18.9 Å². The standard InChI is InChI=1S/C16H20FN5OS/c1-10-11(2)24-15(21-10)9-20-16(18-3)19-8-14(23)22-13-6-4-12(17)5-7-13/h4-7H,8-9H2,1-3H3,(H,22,23)(H2,18,19,20). The van der Waals surface area contributed by atoms with Gasteiger partial charge in [-0.3, -0.25) is 9.79 Å². The smallest absolute Gasteiger partial charge is 0.243 e. The molecule has 2 aromatic rings. The first-order valence-corrected chi connectivity index (χ1v) is 8.22. The molecule has 1 amide bonds. The van der Waals surface area contributed by atoms with E-state index in [-0.39, 0.29) is 18.3 Å². The number of rotatable bonds is 5. The lowest BCUT2D eigenvalue weighted by Crippen LogP contribution is -2.41. The van der Waals surface area contributed by atoms with Gasteiger partial charge in [-0.1, -0.05) is 0 Å². The van der Waals surface area contributed by atoms with Crippen molar-refractivity contribution in [1.29, 1.82) is 0 Å². The number of benzene rings is 1. The Morgan fingerprint density at radius 2 is 1.96 bits per heavy atom. The second-order valence-corrected chi connectivity index (χ2v) is 6.37. The molecule has 0 saturated heterocycles. The lowest BCUT2D eigenvalue weighted by Gasteiger charge is -2.11. The summed E-state index contributed by atoms with van der Waals surface area (Å²) in [6, 6.07) is 5.60. The Labute approximate surface area is 144 Å². The predicted octanol–water partition coefficient (Wildman–Crippen LogP) is 2.20. The zero-order valence-corrected chi connectivity index (χ0v) is 14.6. The van der Waals surface area contributed by atoms with Gasteiger partial charge in [0.1, 0.15) is 10.8 Å². The second-order valence-electron chi connectivity index (χ2n) is 5.08. The fourth-order valence-corrected chi connectivity index (χ4v) is 2.77. The normalized spacial score (nSPS) is 11.2. The Kier molecular flexibility index (Phi) is 6.25. The van der Waals surface area contributed by atoms with E-state index in [2.05, 4.69) is 25.9 Å². The molecule has 6 nitrogen and oxygen atoms in total. The minimum atomic E-state index is -0.344. The highest BCUT2D eigenvalue weighted by Crippen LogP contribution is 2.15. The van der Waals surface area contributed by atoms with Crippen LogP contribution >= 0.6 is 11.3 Å². The quantitative estimate of drug-likeness (QED) is 0.571. The largest absolute Gasteiger partial charge is 0.350 e. The molecule has 0 unspecified atom stereocenters. The number of hydrogen-bond acceptors (Lipinski definition) is 4. The molecule has 0 aliphatic rings. The topological polar surface area (TPSA) is 78.4 Å². The number of halogens is 1. The van der Waals surface area contributed by atoms with Gasteiger partial charge >= 0.3 is 0 Å². The van der Waals surface area contributed by atoms with Gasteiger partial charge in [0, 0.05) is 17.6 Å². The highest BCUT2D eigenvalue weighted by molar-refractivity contribution is 7.11. The number of aryl methyl sites for hydroxylation is 2. The van der Waals surface area contributed by atoms with E-state index in [1.54, 1.807) is 18.4 Å². The molecule has 1 heterocycles. The fraction of sp³-hybridized carbons (Fsp3) is 0.312. The maximum Gasteiger partial charge on any atom is 0.243 e. The lowest BCUT2D eigenvalue weighted by molar-refractivity contribution is -0.115. The first-order chi connectivity index (χ1) is 11.5. The van der Waals surface area contributed by atoms with Crippen LogP contribution in [-0.4, -0.2) is 30.4 Å². The van der Waals surface area contributed by atoms with E-state index in [9.17, 15) is 9.18 Å². The van der Waals surface area contributed by atoms with Crippen molar-refractivity contribution in [1.82, 2.24) is 15.6 Å². The van der Waals surface area contributed by atoms with Crippen LogP contribution in [0.4, 0.5) is 10.1 Å². The van der Waals surface area contributed by atoms with Gasteiger partial charge < -0.3 is 16.0 Å². The monoisotopic (exact) mass is 349 g/mol. The van der Waals surface area contributed by atoms with E-state index in [1.165, 1.54) is 29.1 Å². The third-order valence-electron chi connectivity index (χ3n) is 3.25. The van der Waals surface area contributed by atoms with E-state index in [4.69, 9.17) is 0 Å². The molecule has 8 heteroatoms. The van der Waals surface area contributed by atoms with Crippen LogP contribution in [0.5, 0.6) is 0 Å². The van der Waals surface area contributed by atoms with Gasteiger partial charge in [-0.05, 0) is 38.1 Å². The summed E-state index contributed by atoms with van der Waals surface area (Å²) in [5.41, 5.74) is 1.57. The molecule has 0 spiro atoms. The van der Waals surface area contributed by atoms with Crippen LogP contribution in [0, 0.1) is 19.7 Å². The first kappa shape index (κ1) is 17.9. The molecule has 1 aromatic carbocycles. The van der Waals surface area contributed by atoms with Crippen LogP contribution in [0.3, 0.4) is 0 Å². The molecular weight excluding hydrogens is 329 g/mol. The summed E-state index contributed by atoms with van der Waals surface area (Å²) in [5, 5.41) is 9.67. The summed E-state index contributed by atoms with van der Waals surface area (Å²) in [7, 11) is 1.63. The number of guanidine groups is 1. The molecule has 2 rings (SSSR count). The maximum absolute atomic E-state index is 12.8. The molecule has 0 aliphatic carbocycles. The summed E-state index contributed by atoms with van der Waals surface area (Å²) in [6.07, 6.45) is 0. The number of amides is 1. The zero-order chi connectivity index (χ0) is 17.5. The Morgan fingerprint density at radius 3 is 2.54 bits per heavy atom. The van der Waals surface area contributed by atoms with Crippen LogP contribution in [0.2, 0.25) is 0 Å². The highest BCUT2D eigenvalue weighted by atomic mass is 32.1. The Morgan fingerprint density at radius 1 is 1.25 bits per heavy atom. The van der Waals surface area contributed by atoms with Gasteiger partial charge in [-0.15, -0.1) is 11.3 Å². The van der Waals surface area contributed by atoms with Crippen molar-refractivity contribution >= 4 is 28.9 Å². The Bertz CT molecular complexity index is 707. The van der Waals surface area contributed by atoms with E-state index in [0.29, 0.717) is 18.2 Å². The molecule has 3 N–H and O–H groups in total. The highest BCUT2D eigenvalue weighted by Gasteiger charge is 2.07. The summed E-state index contributed by atoms with van der Waals surface area (Å²) in [4.78, 5) is 21.6. The number of carbonyl (C=O) groups excluding carboxylic acids is 1. The Hall–Kier alpha value is -2.48. The zero-order valence-electron chi connectivity index (χ0n) is 13.8. The van der Waals surface area contributed by atoms with Crippen molar-refractivity contribution in [2.24, 2.45) is 4.99 Å². The van der Waals surface area contributed by atoms with Crippen LogP contribution in [0.25, 0.3) is 0 Å². The van der Waals surface area contributed by atoms with Crippen molar-refractivity contribution in [3.05, 3.63) is 45.7 Å². The Balaban J connectivity index is 1.78. The van der Waals surface area contributed by atoms with Crippen molar-refractivity contribution < 1.29 is 9.18 Å². The number of hydrogen-bond donors (Lipinski definition) is 3. The van der Waals surface area contributed by atoms with Gasteiger partial charge in [-0.2, -0.15) is 0 Å². The number of aliphatic imine (C=N–C) groups is 1. The molecule has 0 saturated carbocycles. The molecule has 0 radical (unpaired) electrons. The summed E-state index contributed by atoms with van der Waals surface area (Å²) in [5.74, 6) is -0.0800. The minimum absolute atomic E-state index is 0.0486. The molecule has 0 atom stereocenters. The molecular formula is C16H20FN5OS. The van der Waals surface area contributed by atoms with Crippen molar-refractivity contribution in [2.45, 2.75) is 20.4 Å². The fourth-order valence-electron chi connectivity index (χ4n) is 1.90. The number of anilines is 1. The van der Waals surface area contributed by atoms with E-state index in [0.717, 1.165) is 10.7 Å². The molecule has 0 fully saturated rings. The van der Waals surface area contributed by atoms with Crippen LogP contribution in [0.1, 0.15) is 15.6 Å². The molecule has 128 valence electrons. The minimum Gasteiger partial charge on any atom is -0.350 e. The second kappa shape index (κ2) is 8.39. The predicted molar refractivity (Wildman–Crippen MR) is 94.8 cm³/mol. The van der Waals surface area contributed by atoms with Crippen LogP contribution in [-0.2, 0) is 11.3 Å². The summed E-state index contributed by atoms with van der Waals surface area (Å²) in [6.45, 7) is 4.59. The molecule has 1 aromatic heterocycles. The van der Waals surface area contributed by atoms with Gasteiger partial charge in [0.2, 0.25) is 5.91 Å². The van der Waals surface area contributed by atoms with Crippen molar-refractivity contribution in [3.8, 4) is 0 Å². The average molecular weight is 349 g/mol. The SMILES string of the molecule is CN=C(NCC(=O)Nc1ccc(F)cc1)NCc1nc(C)c(C)s1. The number of carbonyl (C=O) groups is 1. The van der Waals surface area contributed by atoms with Gasteiger partial charge in [0.15, 0.2) is 5.96 Å². The van der Waals surface area contributed by atoms with E-state index < -0.39 is 0 Å². The number of nitrogens with zero attached hydrogens (tertiary/aromatic N) is 2. The average Bonchev–Trinajstić information content (AvgIpc) is 2.88. The number of nitrogens with one attached hydrogen (secondary N) is 3. The molecule has 0 aliphatic heterocycles. The summed E-state index contributed by atoms with van der Waals surface area (Å²) >= 11 is 1.63. The molecule has 0 bridgehead atoms. The first-order valence-electron chi connectivity index (χ1n) is 7.40. The van der Waals surface area contributed by atoms with Gasteiger partial charge in [0.25, 0.3) is 0 Å². The maximum atomic E-state index is 12.8. The van der Waals surface area contributed by atoms with E-state index >= 15 is 0 Å². The lowest BCUT2D eigenvalue weighted by atomic mass is 10.3. The van der Waals surface area contributed by atoms with Gasteiger partial charge in [-0.25, -0.2) is 9.37 Å². The third-order valence-corrected chi connectivity index (χ3v) is 4.32.